The summed E-state index contributed by atoms with van der Waals surface area (Å²) >= 11 is 1.50. The van der Waals surface area contributed by atoms with Crippen LogP contribution in [0.15, 0.2) is 23.7 Å². The molecule has 0 spiro atoms. The number of nitrogens with one attached hydrogen (secondary N) is 1. The van der Waals surface area contributed by atoms with Crippen molar-refractivity contribution in [3.63, 3.8) is 0 Å². The van der Waals surface area contributed by atoms with Crippen LogP contribution in [0.25, 0.3) is 10.2 Å². The molecule has 6 nitrogen and oxygen atoms in total. The number of rotatable bonds is 3. The fourth-order valence-electron chi connectivity index (χ4n) is 3.48. The third-order valence-corrected chi connectivity index (χ3v) is 5.25. The molecule has 7 heteroatoms. The Morgan fingerprint density at radius 3 is 2.82 bits per heavy atom. The summed E-state index contributed by atoms with van der Waals surface area (Å²) in [6.45, 7) is 0. The molecule has 2 aliphatic heterocycles. The molecule has 2 fully saturated rings. The Hall–Kier alpha value is -1.99. The maximum Gasteiger partial charge on any atom is 0.310 e. The number of carboxylic acids is 1. The Labute approximate surface area is 130 Å². The number of hydrogen-bond donors (Lipinski definition) is 2. The second-order valence-electron chi connectivity index (χ2n) is 5.70. The Bertz CT molecular complexity index is 759. The molecule has 114 valence electrons. The summed E-state index contributed by atoms with van der Waals surface area (Å²) in [5.41, 5.74) is 3.30. The number of carboxylic acid groups (broad SMARTS) is 1. The summed E-state index contributed by atoms with van der Waals surface area (Å²) in [5.74, 6) is -2.59. The number of carbonyl (C=O) groups excluding carboxylic acids is 1. The van der Waals surface area contributed by atoms with E-state index in [4.69, 9.17) is 4.74 Å². The van der Waals surface area contributed by atoms with Crippen LogP contribution in [0.4, 0.5) is 5.69 Å². The van der Waals surface area contributed by atoms with Crippen LogP contribution in [-0.2, 0) is 14.3 Å². The van der Waals surface area contributed by atoms with E-state index in [1.54, 1.807) is 11.6 Å². The van der Waals surface area contributed by atoms with Crippen molar-refractivity contribution in [2.45, 2.75) is 25.0 Å². The van der Waals surface area contributed by atoms with Gasteiger partial charge in [0.1, 0.15) is 0 Å². The van der Waals surface area contributed by atoms with Crippen molar-refractivity contribution in [1.29, 1.82) is 0 Å². The minimum absolute atomic E-state index is 0.275. The molecule has 2 aliphatic rings. The lowest BCUT2D eigenvalue weighted by atomic mass is 9.78. The average Bonchev–Trinajstić information content (AvgIpc) is 3.20. The van der Waals surface area contributed by atoms with Crippen molar-refractivity contribution in [3.8, 4) is 0 Å². The standard InChI is InChI=1S/C15H14N2O4S/c18-14(12-9-3-4-10(21-9)13(12)15(19)20)17-7-1-2-8-11(5-7)22-6-16-8/h1-2,5-6,9-10,12-13H,3-4H2,(H,17,18)(H,19,20)/t9-,10+,12?,13-/m1/s1. The highest BCUT2D eigenvalue weighted by Crippen LogP contribution is 2.44. The average molecular weight is 318 g/mol. The van der Waals surface area contributed by atoms with E-state index in [1.807, 2.05) is 12.1 Å². The number of aliphatic carboxylic acids is 1. The van der Waals surface area contributed by atoms with Crippen molar-refractivity contribution >= 4 is 39.1 Å². The molecule has 2 saturated heterocycles. The highest BCUT2D eigenvalue weighted by atomic mass is 32.1. The van der Waals surface area contributed by atoms with Crippen LogP contribution in [-0.4, -0.2) is 34.2 Å². The number of benzene rings is 1. The van der Waals surface area contributed by atoms with Gasteiger partial charge in [-0.15, -0.1) is 11.3 Å². The van der Waals surface area contributed by atoms with Crippen LogP contribution < -0.4 is 5.32 Å². The Morgan fingerprint density at radius 1 is 1.27 bits per heavy atom. The predicted molar refractivity (Wildman–Crippen MR) is 80.8 cm³/mol. The van der Waals surface area contributed by atoms with Gasteiger partial charge in [-0.1, -0.05) is 0 Å². The van der Waals surface area contributed by atoms with E-state index in [0.29, 0.717) is 5.69 Å². The van der Waals surface area contributed by atoms with E-state index in [0.717, 1.165) is 23.1 Å². The maximum atomic E-state index is 12.5. The summed E-state index contributed by atoms with van der Waals surface area (Å²) in [6.07, 6.45) is 0.860. The molecule has 4 atom stereocenters. The van der Waals surface area contributed by atoms with E-state index in [2.05, 4.69) is 10.3 Å². The molecule has 1 aromatic heterocycles. The number of aromatic nitrogens is 1. The first-order chi connectivity index (χ1) is 10.6. The van der Waals surface area contributed by atoms with Gasteiger partial charge in [-0.2, -0.15) is 0 Å². The van der Waals surface area contributed by atoms with Crippen molar-refractivity contribution < 1.29 is 19.4 Å². The van der Waals surface area contributed by atoms with Gasteiger partial charge in [0.25, 0.3) is 0 Å². The summed E-state index contributed by atoms with van der Waals surface area (Å²) in [6, 6.07) is 5.48. The fourth-order valence-corrected chi connectivity index (χ4v) is 4.20. The topological polar surface area (TPSA) is 88.5 Å². The molecule has 1 unspecified atom stereocenters. The zero-order valence-corrected chi connectivity index (χ0v) is 12.4. The minimum Gasteiger partial charge on any atom is -0.481 e. The Morgan fingerprint density at radius 2 is 2.05 bits per heavy atom. The zero-order chi connectivity index (χ0) is 15.3. The fraction of sp³-hybridized carbons (Fsp3) is 0.400. The number of nitrogens with zero attached hydrogens (tertiary/aromatic N) is 1. The number of hydrogen-bond acceptors (Lipinski definition) is 5. The summed E-state index contributed by atoms with van der Waals surface area (Å²) in [7, 11) is 0. The van der Waals surface area contributed by atoms with Crippen LogP contribution in [0.3, 0.4) is 0 Å². The van der Waals surface area contributed by atoms with E-state index >= 15 is 0 Å². The number of anilines is 1. The molecular weight excluding hydrogens is 304 g/mol. The van der Waals surface area contributed by atoms with Gasteiger partial charge in [-0.05, 0) is 31.0 Å². The summed E-state index contributed by atoms with van der Waals surface area (Å²) < 4.78 is 6.61. The Balaban J connectivity index is 1.57. The highest BCUT2D eigenvalue weighted by Gasteiger charge is 2.55. The molecule has 22 heavy (non-hydrogen) atoms. The molecule has 1 aromatic carbocycles. The second-order valence-corrected chi connectivity index (χ2v) is 6.59. The first-order valence-electron chi connectivity index (χ1n) is 7.16. The molecule has 0 aliphatic carbocycles. The van der Waals surface area contributed by atoms with Crippen LogP contribution in [0.5, 0.6) is 0 Å². The van der Waals surface area contributed by atoms with Crippen LogP contribution in [0.1, 0.15) is 12.8 Å². The van der Waals surface area contributed by atoms with Crippen molar-refractivity contribution in [3.05, 3.63) is 23.7 Å². The lowest BCUT2D eigenvalue weighted by Crippen LogP contribution is -2.40. The SMILES string of the molecule is O=C(Nc1ccc2ncsc2c1)C1[C@H]2CC[C@H](O2)[C@H]1C(=O)O. The Kier molecular flexibility index (Phi) is 3.12. The molecule has 4 rings (SSSR count). The van der Waals surface area contributed by atoms with Crippen LogP contribution in [0.2, 0.25) is 0 Å². The second kappa shape index (κ2) is 5.03. The van der Waals surface area contributed by atoms with Crippen molar-refractivity contribution in [1.82, 2.24) is 4.98 Å². The molecule has 2 N–H and O–H groups in total. The predicted octanol–water partition coefficient (Wildman–Crippen LogP) is 2.11. The van der Waals surface area contributed by atoms with Crippen molar-refractivity contribution in [2.24, 2.45) is 11.8 Å². The van der Waals surface area contributed by atoms with E-state index in [-0.39, 0.29) is 18.1 Å². The summed E-state index contributed by atoms with van der Waals surface area (Å²) in [5, 5.41) is 12.2. The normalized spacial score (nSPS) is 29.8. The lowest BCUT2D eigenvalue weighted by Gasteiger charge is -2.23. The van der Waals surface area contributed by atoms with E-state index in [1.165, 1.54) is 11.3 Å². The van der Waals surface area contributed by atoms with Gasteiger partial charge in [0, 0.05) is 5.69 Å². The maximum absolute atomic E-state index is 12.5. The van der Waals surface area contributed by atoms with Gasteiger partial charge < -0.3 is 15.2 Å². The smallest absolute Gasteiger partial charge is 0.310 e. The number of thiazole rings is 1. The van der Waals surface area contributed by atoms with Gasteiger partial charge in [0.05, 0.1) is 39.8 Å². The number of carbonyl (C=O) groups is 2. The lowest BCUT2D eigenvalue weighted by molar-refractivity contribution is -0.147. The number of amides is 1. The van der Waals surface area contributed by atoms with Gasteiger partial charge in [0.15, 0.2) is 0 Å². The summed E-state index contributed by atoms with van der Waals surface area (Å²) in [4.78, 5) is 28.2. The molecule has 2 bridgehead atoms. The van der Waals surface area contributed by atoms with Crippen LogP contribution >= 0.6 is 11.3 Å². The first-order valence-corrected chi connectivity index (χ1v) is 8.04. The monoisotopic (exact) mass is 318 g/mol. The highest BCUT2D eigenvalue weighted by molar-refractivity contribution is 7.16. The number of fused-ring (bicyclic) bond motifs is 3. The first kappa shape index (κ1) is 13.7. The quantitative estimate of drug-likeness (QED) is 0.905. The van der Waals surface area contributed by atoms with Crippen LogP contribution in [0, 0.1) is 11.8 Å². The molecule has 0 saturated carbocycles. The molecule has 2 aromatic rings. The zero-order valence-electron chi connectivity index (χ0n) is 11.6. The van der Waals surface area contributed by atoms with Gasteiger partial charge in [0.2, 0.25) is 5.91 Å². The third kappa shape index (κ3) is 2.08. The largest absolute Gasteiger partial charge is 0.481 e. The molecule has 0 radical (unpaired) electrons. The third-order valence-electron chi connectivity index (χ3n) is 4.46. The number of ether oxygens (including phenoxy) is 1. The minimum atomic E-state index is -0.953. The molecular formula is C15H14N2O4S. The van der Waals surface area contributed by atoms with Crippen molar-refractivity contribution in [2.75, 3.05) is 5.32 Å². The molecule has 1 amide bonds. The van der Waals surface area contributed by atoms with E-state index in [9.17, 15) is 14.7 Å². The molecule has 3 heterocycles. The van der Waals surface area contributed by atoms with Gasteiger partial charge in [-0.3, -0.25) is 9.59 Å². The van der Waals surface area contributed by atoms with Gasteiger partial charge >= 0.3 is 5.97 Å². The van der Waals surface area contributed by atoms with Gasteiger partial charge in [-0.25, -0.2) is 4.98 Å². The van der Waals surface area contributed by atoms with E-state index < -0.39 is 17.8 Å².